The average molecular weight is 248 g/mol. The summed E-state index contributed by atoms with van der Waals surface area (Å²) in [5.74, 6) is -0.0449. The summed E-state index contributed by atoms with van der Waals surface area (Å²) in [6.45, 7) is 0.0235. The van der Waals surface area contributed by atoms with Gasteiger partial charge in [0.15, 0.2) is 0 Å². The number of amides is 1. The van der Waals surface area contributed by atoms with E-state index in [1.165, 1.54) is 0 Å². The van der Waals surface area contributed by atoms with Gasteiger partial charge in [0, 0.05) is 5.69 Å². The lowest BCUT2D eigenvalue weighted by Crippen LogP contribution is -2.49. The molecule has 1 fully saturated rings. The molecule has 2 rings (SSSR count). The number of benzene rings is 1. The highest BCUT2D eigenvalue weighted by Crippen LogP contribution is 2.29. The van der Waals surface area contributed by atoms with Crippen LogP contribution in [0.25, 0.3) is 0 Å². The molecule has 0 radical (unpaired) electrons. The van der Waals surface area contributed by atoms with Crippen LogP contribution in [0.3, 0.4) is 0 Å². The first-order valence-corrected chi connectivity index (χ1v) is 6.40. The zero-order valence-corrected chi connectivity index (χ0v) is 10.5. The predicted molar refractivity (Wildman–Crippen MR) is 71.0 cm³/mol. The van der Waals surface area contributed by atoms with E-state index in [0.717, 1.165) is 31.2 Å². The van der Waals surface area contributed by atoms with Crippen LogP contribution in [0.15, 0.2) is 24.3 Å². The lowest BCUT2D eigenvalue weighted by molar-refractivity contribution is -0.122. The second-order valence-corrected chi connectivity index (χ2v) is 5.12. The summed E-state index contributed by atoms with van der Waals surface area (Å²) in [5, 5.41) is 12.4. The number of carbonyl (C=O) groups is 1. The van der Waals surface area contributed by atoms with Crippen molar-refractivity contribution in [2.24, 2.45) is 0 Å². The molecule has 1 aromatic rings. The lowest BCUT2D eigenvalue weighted by atomic mass is 9.98. The Balaban J connectivity index is 1.96. The van der Waals surface area contributed by atoms with Gasteiger partial charge in [0.2, 0.25) is 5.91 Å². The van der Waals surface area contributed by atoms with Gasteiger partial charge in [-0.25, -0.2) is 0 Å². The van der Waals surface area contributed by atoms with Crippen LogP contribution >= 0.6 is 0 Å². The standard InChI is InChI=1S/C14H20N2O2/c15-12-5-3-4-11(8-12)9-13(18)16-14(10-17)6-1-2-7-14/h3-5,8,17H,1-2,6-7,9-10,15H2,(H,16,18). The summed E-state index contributed by atoms with van der Waals surface area (Å²) in [7, 11) is 0. The molecule has 1 aliphatic rings. The molecule has 0 aromatic heterocycles. The van der Waals surface area contributed by atoms with Crippen LogP contribution in [0.5, 0.6) is 0 Å². The molecule has 18 heavy (non-hydrogen) atoms. The van der Waals surface area contributed by atoms with Gasteiger partial charge in [-0.2, -0.15) is 0 Å². The molecule has 0 unspecified atom stereocenters. The number of rotatable bonds is 4. The van der Waals surface area contributed by atoms with Crippen LogP contribution < -0.4 is 11.1 Å². The molecule has 0 spiro atoms. The van der Waals surface area contributed by atoms with Crippen molar-refractivity contribution >= 4 is 11.6 Å². The number of nitrogens with two attached hydrogens (primary N) is 1. The topological polar surface area (TPSA) is 75.4 Å². The molecule has 1 saturated carbocycles. The van der Waals surface area contributed by atoms with Gasteiger partial charge in [-0.1, -0.05) is 25.0 Å². The van der Waals surface area contributed by atoms with E-state index >= 15 is 0 Å². The molecule has 0 saturated heterocycles. The molecule has 0 aliphatic heterocycles. The lowest BCUT2D eigenvalue weighted by Gasteiger charge is -2.28. The Hall–Kier alpha value is -1.55. The highest BCUT2D eigenvalue weighted by molar-refractivity contribution is 5.79. The molecule has 4 N–H and O–H groups in total. The van der Waals surface area contributed by atoms with Crippen molar-refractivity contribution in [2.45, 2.75) is 37.6 Å². The summed E-state index contributed by atoms with van der Waals surface area (Å²) in [6, 6.07) is 7.33. The van der Waals surface area contributed by atoms with Crippen molar-refractivity contribution in [3.8, 4) is 0 Å². The fourth-order valence-electron chi connectivity index (χ4n) is 2.60. The molecule has 4 heteroatoms. The Morgan fingerprint density at radius 3 is 2.72 bits per heavy atom. The predicted octanol–water partition coefficient (Wildman–Crippen LogP) is 1.23. The molecule has 0 heterocycles. The molecule has 1 amide bonds. The summed E-state index contributed by atoms with van der Waals surface area (Å²) < 4.78 is 0. The van der Waals surface area contributed by atoms with Gasteiger partial charge in [-0.05, 0) is 30.5 Å². The number of aliphatic hydroxyl groups excluding tert-OH is 1. The molecule has 0 atom stereocenters. The first-order valence-electron chi connectivity index (χ1n) is 6.40. The molecule has 4 nitrogen and oxygen atoms in total. The third-order valence-electron chi connectivity index (χ3n) is 3.58. The Morgan fingerprint density at radius 1 is 1.39 bits per heavy atom. The van der Waals surface area contributed by atoms with Crippen molar-refractivity contribution in [3.63, 3.8) is 0 Å². The van der Waals surface area contributed by atoms with Crippen LogP contribution in [-0.2, 0) is 11.2 Å². The van der Waals surface area contributed by atoms with E-state index in [2.05, 4.69) is 5.32 Å². The Bertz CT molecular complexity index is 426. The van der Waals surface area contributed by atoms with Gasteiger partial charge in [0.05, 0.1) is 18.6 Å². The van der Waals surface area contributed by atoms with E-state index in [9.17, 15) is 9.90 Å². The monoisotopic (exact) mass is 248 g/mol. The van der Waals surface area contributed by atoms with E-state index < -0.39 is 5.54 Å². The number of hydrogen-bond donors (Lipinski definition) is 3. The molecule has 1 aliphatic carbocycles. The minimum absolute atomic E-state index is 0.0235. The van der Waals surface area contributed by atoms with Crippen LogP contribution in [0.2, 0.25) is 0 Å². The second kappa shape index (κ2) is 5.40. The van der Waals surface area contributed by atoms with Gasteiger partial charge >= 0.3 is 0 Å². The normalized spacial score (nSPS) is 17.6. The Morgan fingerprint density at radius 2 is 2.11 bits per heavy atom. The van der Waals surface area contributed by atoms with Gasteiger partial charge in [-0.15, -0.1) is 0 Å². The van der Waals surface area contributed by atoms with E-state index in [-0.39, 0.29) is 12.5 Å². The van der Waals surface area contributed by atoms with Gasteiger partial charge in [0.1, 0.15) is 0 Å². The number of nitrogens with one attached hydrogen (secondary N) is 1. The number of hydrogen-bond acceptors (Lipinski definition) is 3. The van der Waals surface area contributed by atoms with Crippen molar-refractivity contribution in [1.29, 1.82) is 0 Å². The quantitative estimate of drug-likeness (QED) is 0.702. The summed E-state index contributed by atoms with van der Waals surface area (Å²) in [4.78, 5) is 12.0. The van der Waals surface area contributed by atoms with Crippen LogP contribution in [0, 0.1) is 0 Å². The fourth-order valence-corrected chi connectivity index (χ4v) is 2.60. The number of aliphatic hydroxyl groups is 1. The van der Waals surface area contributed by atoms with E-state index in [1.807, 2.05) is 12.1 Å². The van der Waals surface area contributed by atoms with Crippen molar-refractivity contribution in [3.05, 3.63) is 29.8 Å². The Labute approximate surface area is 107 Å². The molecular formula is C14H20N2O2. The molecule has 98 valence electrons. The number of carbonyl (C=O) groups excluding carboxylic acids is 1. The molecule has 1 aromatic carbocycles. The van der Waals surface area contributed by atoms with E-state index in [0.29, 0.717) is 12.1 Å². The average Bonchev–Trinajstić information content (AvgIpc) is 2.78. The van der Waals surface area contributed by atoms with Crippen LogP contribution in [0.1, 0.15) is 31.2 Å². The van der Waals surface area contributed by atoms with E-state index in [1.54, 1.807) is 12.1 Å². The first kappa shape index (κ1) is 12.9. The maximum Gasteiger partial charge on any atom is 0.224 e. The van der Waals surface area contributed by atoms with Crippen molar-refractivity contribution < 1.29 is 9.90 Å². The summed E-state index contributed by atoms with van der Waals surface area (Å²) in [5.41, 5.74) is 6.85. The highest BCUT2D eigenvalue weighted by atomic mass is 16.3. The Kier molecular flexibility index (Phi) is 3.87. The van der Waals surface area contributed by atoms with Gasteiger partial charge in [0.25, 0.3) is 0 Å². The summed E-state index contributed by atoms with van der Waals surface area (Å²) in [6.07, 6.45) is 4.18. The van der Waals surface area contributed by atoms with Crippen molar-refractivity contribution in [2.75, 3.05) is 12.3 Å². The van der Waals surface area contributed by atoms with Crippen LogP contribution in [-0.4, -0.2) is 23.2 Å². The second-order valence-electron chi connectivity index (χ2n) is 5.12. The fraction of sp³-hybridized carbons (Fsp3) is 0.500. The SMILES string of the molecule is Nc1cccc(CC(=O)NC2(CO)CCCC2)c1. The third-order valence-corrected chi connectivity index (χ3v) is 3.58. The minimum atomic E-state index is -0.391. The van der Waals surface area contributed by atoms with Gasteiger partial charge < -0.3 is 16.2 Å². The number of anilines is 1. The molecule has 0 bridgehead atoms. The summed E-state index contributed by atoms with van der Waals surface area (Å²) >= 11 is 0. The first-order chi connectivity index (χ1) is 8.63. The third kappa shape index (κ3) is 3.01. The zero-order valence-electron chi connectivity index (χ0n) is 10.5. The smallest absolute Gasteiger partial charge is 0.224 e. The van der Waals surface area contributed by atoms with Gasteiger partial charge in [-0.3, -0.25) is 4.79 Å². The van der Waals surface area contributed by atoms with E-state index in [4.69, 9.17) is 5.73 Å². The maximum atomic E-state index is 12.0. The number of nitrogen functional groups attached to an aromatic ring is 1. The van der Waals surface area contributed by atoms with Crippen molar-refractivity contribution in [1.82, 2.24) is 5.32 Å². The maximum absolute atomic E-state index is 12.0. The molecular weight excluding hydrogens is 228 g/mol. The minimum Gasteiger partial charge on any atom is -0.399 e. The van der Waals surface area contributed by atoms with Crippen LogP contribution in [0.4, 0.5) is 5.69 Å². The highest BCUT2D eigenvalue weighted by Gasteiger charge is 2.34. The zero-order chi connectivity index (χ0) is 13.0. The largest absolute Gasteiger partial charge is 0.399 e.